The van der Waals surface area contributed by atoms with Crippen LogP contribution in [0.15, 0.2) is 28.0 Å². The second-order valence-electron chi connectivity index (χ2n) is 6.23. The van der Waals surface area contributed by atoms with Crippen molar-refractivity contribution in [2.24, 2.45) is 14.1 Å². The van der Waals surface area contributed by atoms with Gasteiger partial charge in [0.2, 0.25) is 5.91 Å². The van der Waals surface area contributed by atoms with Crippen molar-refractivity contribution in [3.05, 3.63) is 49.1 Å². The van der Waals surface area contributed by atoms with Gasteiger partial charge in [0.25, 0.3) is 5.56 Å². The van der Waals surface area contributed by atoms with E-state index >= 15 is 0 Å². The predicted octanol–water partition coefficient (Wildman–Crippen LogP) is 0.308. The molecule has 9 nitrogen and oxygen atoms in total. The Morgan fingerprint density at radius 1 is 1.30 bits per heavy atom. The summed E-state index contributed by atoms with van der Waals surface area (Å²) < 4.78 is 9.18. The molecule has 0 bridgehead atoms. The minimum atomic E-state index is -0.484. The number of ether oxygens (including phenoxy) is 1. The average molecular weight is 391 g/mol. The molecule has 0 aliphatic carbocycles. The number of rotatable bonds is 6. The number of nitrogens with zero attached hydrogens (tertiary/aromatic N) is 4. The third-order valence-corrected chi connectivity index (χ3v) is 5.47. The first-order valence-electron chi connectivity index (χ1n) is 8.30. The van der Waals surface area contributed by atoms with E-state index in [1.807, 2.05) is 19.1 Å². The summed E-state index contributed by atoms with van der Waals surface area (Å²) in [7, 11) is 4.53. The van der Waals surface area contributed by atoms with Crippen molar-refractivity contribution in [2.75, 3.05) is 13.7 Å². The Bertz CT molecular complexity index is 1110. The normalized spacial score (nSPS) is 12.4. The summed E-state index contributed by atoms with van der Waals surface area (Å²) in [5.74, 6) is -0.277. The maximum Gasteiger partial charge on any atom is 0.332 e. The minimum Gasteiger partial charge on any atom is -0.374 e. The molecule has 27 heavy (non-hydrogen) atoms. The third-order valence-electron chi connectivity index (χ3n) is 4.38. The molecular formula is C17H21N5O4S. The number of methoxy groups -OCH3 is 1. The van der Waals surface area contributed by atoms with Crippen LogP contribution in [-0.2, 0) is 30.2 Å². The molecule has 0 fully saturated rings. The average Bonchev–Trinajstić information content (AvgIpc) is 3.25. The van der Waals surface area contributed by atoms with Crippen LogP contribution in [0.25, 0.3) is 11.2 Å². The highest BCUT2D eigenvalue weighted by Gasteiger charge is 2.17. The van der Waals surface area contributed by atoms with Gasteiger partial charge < -0.3 is 14.6 Å². The monoisotopic (exact) mass is 391 g/mol. The first-order chi connectivity index (χ1) is 12.8. The van der Waals surface area contributed by atoms with Crippen LogP contribution in [0.1, 0.15) is 15.9 Å². The maximum atomic E-state index is 12.4. The molecule has 144 valence electrons. The van der Waals surface area contributed by atoms with Gasteiger partial charge in [-0.2, -0.15) is 0 Å². The molecule has 1 amide bonds. The lowest BCUT2D eigenvalue weighted by Gasteiger charge is -2.15. The zero-order valence-electron chi connectivity index (χ0n) is 15.6. The molecule has 3 aromatic heterocycles. The Morgan fingerprint density at radius 3 is 2.67 bits per heavy atom. The number of fused-ring (bicyclic) bond motifs is 1. The van der Waals surface area contributed by atoms with Gasteiger partial charge in [0.15, 0.2) is 11.2 Å². The second-order valence-corrected chi connectivity index (χ2v) is 7.55. The Labute approximate surface area is 158 Å². The summed E-state index contributed by atoms with van der Waals surface area (Å²) in [6.07, 6.45) is 1.16. The lowest BCUT2D eigenvalue weighted by Crippen LogP contribution is -2.38. The van der Waals surface area contributed by atoms with Crippen LogP contribution in [0, 0.1) is 6.92 Å². The minimum absolute atomic E-state index is 0.0795. The largest absolute Gasteiger partial charge is 0.374 e. The number of amides is 1. The smallest absolute Gasteiger partial charge is 0.332 e. The van der Waals surface area contributed by atoms with Crippen molar-refractivity contribution in [3.8, 4) is 0 Å². The molecule has 0 aliphatic rings. The SMILES string of the molecule is COC(CNC(=O)Cn1cnc2c1c(=O)n(C)c(=O)n2C)c1ccc(C)s1. The molecule has 0 aromatic carbocycles. The molecule has 1 N–H and O–H groups in total. The zero-order valence-corrected chi connectivity index (χ0v) is 16.4. The van der Waals surface area contributed by atoms with Crippen molar-refractivity contribution in [3.63, 3.8) is 0 Å². The lowest BCUT2D eigenvalue weighted by molar-refractivity contribution is -0.122. The molecule has 0 saturated heterocycles. The fourth-order valence-corrected chi connectivity index (χ4v) is 3.82. The third kappa shape index (κ3) is 3.58. The number of carbonyl (C=O) groups is 1. The van der Waals surface area contributed by atoms with Crippen LogP contribution >= 0.6 is 11.3 Å². The van der Waals surface area contributed by atoms with E-state index in [0.29, 0.717) is 6.54 Å². The van der Waals surface area contributed by atoms with Crippen LogP contribution in [0.4, 0.5) is 0 Å². The molecule has 0 saturated carbocycles. The highest BCUT2D eigenvalue weighted by molar-refractivity contribution is 7.12. The summed E-state index contributed by atoms with van der Waals surface area (Å²) in [6, 6.07) is 3.99. The van der Waals surface area contributed by atoms with E-state index in [4.69, 9.17) is 4.74 Å². The highest BCUT2D eigenvalue weighted by Crippen LogP contribution is 2.24. The van der Waals surface area contributed by atoms with Crippen LogP contribution in [0.5, 0.6) is 0 Å². The molecule has 10 heteroatoms. The van der Waals surface area contributed by atoms with Crippen molar-refractivity contribution >= 4 is 28.4 Å². The molecule has 0 radical (unpaired) electrons. The van der Waals surface area contributed by atoms with Crippen LogP contribution in [0.3, 0.4) is 0 Å². The number of nitrogens with one attached hydrogen (secondary N) is 1. The van der Waals surface area contributed by atoms with E-state index in [9.17, 15) is 14.4 Å². The number of hydrogen-bond acceptors (Lipinski definition) is 6. The summed E-state index contributed by atoms with van der Waals surface area (Å²) in [5.41, 5.74) is -0.481. The van der Waals surface area contributed by atoms with E-state index in [-0.39, 0.29) is 29.7 Å². The molecule has 0 spiro atoms. The fourth-order valence-electron chi connectivity index (χ4n) is 2.86. The standard InChI is InChI=1S/C17H21N5O4S/c1-10-5-6-12(27-10)11(26-4)7-18-13(23)8-22-9-19-15-14(22)16(24)21(3)17(25)20(15)2/h5-6,9,11H,7-8H2,1-4H3,(H,18,23). The summed E-state index contributed by atoms with van der Waals surface area (Å²) in [6.45, 7) is 2.25. The zero-order chi connectivity index (χ0) is 19.7. The number of aromatic nitrogens is 4. The maximum absolute atomic E-state index is 12.4. The number of imidazole rings is 1. The molecule has 0 aliphatic heterocycles. The number of carbonyl (C=O) groups excluding carboxylic acids is 1. The molecule has 3 rings (SSSR count). The van der Waals surface area contributed by atoms with E-state index in [1.165, 1.54) is 34.4 Å². The van der Waals surface area contributed by atoms with E-state index < -0.39 is 11.2 Å². The number of aryl methyl sites for hydroxylation is 2. The van der Waals surface area contributed by atoms with Gasteiger partial charge in [-0.3, -0.25) is 18.7 Å². The highest BCUT2D eigenvalue weighted by atomic mass is 32.1. The number of thiophene rings is 1. The molecule has 1 unspecified atom stereocenters. The first-order valence-corrected chi connectivity index (χ1v) is 9.11. The van der Waals surface area contributed by atoms with Crippen molar-refractivity contribution in [1.82, 2.24) is 24.0 Å². The van der Waals surface area contributed by atoms with E-state index in [0.717, 1.165) is 9.44 Å². The van der Waals surface area contributed by atoms with Gasteiger partial charge in [0.1, 0.15) is 12.6 Å². The quantitative estimate of drug-likeness (QED) is 0.652. The van der Waals surface area contributed by atoms with Crippen molar-refractivity contribution in [2.45, 2.75) is 19.6 Å². The Balaban J connectivity index is 1.77. The van der Waals surface area contributed by atoms with Crippen LogP contribution < -0.4 is 16.6 Å². The van der Waals surface area contributed by atoms with Gasteiger partial charge in [-0.1, -0.05) is 0 Å². The topological polar surface area (TPSA) is 100 Å². The van der Waals surface area contributed by atoms with E-state index in [2.05, 4.69) is 10.3 Å². The fraction of sp³-hybridized carbons (Fsp3) is 0.412. The van der Waals surface area contributed by atoms with Crippen LogP contribution in [0.2, 0.25) is 0 Å². The van der Waals surface area contributed by atoms with Gasteiger partial charge in [-0.25, -0.2) is 9.78 Å². The summed E-state index contributed by atoms with van der Waals surface area (Å²) in [4.78, 5) is 43.0. The first kappa shape index (κ1) is 19.1. The molecule has 3 heterocycles. The van der Waals surface area contributed by atoms with Gasteiger partial charge >= 0.3 is 5.69 Å². The Kier molecular flexibility index (Phi) is 5.29. The van der Waals surface area contributed by atoms with Gasteiger partial charge in [0, 0.05) is 37.5 Å². The molecule has 3 aromatic rings. The van der Waals surface area contributed by atoms with Crippen molar-refractivity contribution < 1.29 is 9.53 Å². The Morgan fingerprint density at radius 2 is 2.04 bits per heavy atom. The second kappa shape index (κ2) is 7.49. The summed E-state index contributed by atoms with van der Waals surface area (Å²) in [5, 5.41) is 2.82. The Hall–Kier alpha value is -2.72. The van der Waals surface area contributed by atoms with Gasteiger partial charge in [0.05, 0.1) is 6.33 Å². The summed E-state index contributed by atoms with van der Waals surface area (Å²) >= 11 is 1.62. The molecule has 1 atom stereocenters. The van der Waals surface area contributed by atoms with E-state index in [1.54, 1.807) is 18.4 Å². The predicted molar refractivity (Wildman–Crippen MR) is 102 cm³/mol. The van der Waals surface area contributed by atoms with Crippen molar-refractivity contribution in [1.29, 1.82) is 0 Å². The number of hydrogen-bond donors (Lipinski definition) is 1. The van der Waals surface area contributed by atoms with Gasteiger partial charge in [-0.05, 0) is 19.1 Å². The van der Waals surface area contributed by atoms with Crippen LogP contribution in [-0.4, -0.2) is 38.2 Å². The molecular weight excluding hydrogens is 370 g/mol. The lowest BCUT2D eigenvalue weighted by atomic mass is 10.3. The van der Waals surface area contributed by atoms with Gasteiger partial charge in [-0.15, -0.1) is 11.3 Å².